The zero-order chi connectivity index (χ0) is 9.52. The quantitative estimate of drug-likeness (QED) is 0.683. The average molecular weight is 182 g/mol. The van der Waals surface area contributed by atoms with Gasteiger partial charge < -0.3 is 4.74 Å². The van der Waals surface area contributed by atoms with Crippen LogP contribution < -0.4 is 0 Å². The maximum atomic E-state index is 5.46. The first-order chi connectivity index (χ1) is 6.29. The van der Waals surface area contributed by atoms with Crippen LogP contribution in [0.5, 0.6) is 0 Å². The van der Waals surface area contributed by atoms with E-state index in [1.807, 2.05) is 6.07 Å². The molecule has 0 saturated carbocycles. The molecule has 3 heteroatoms. The lowest BCUT2D eigenvalue weighted by molar-refractivity contribution is 0.108. The van der Waals surface area contributed by atoms with Crippen LogP contribution in [0.25, 0.3) is 0 Å². The molecule has 0 aliphatic carbocycles. The molecule has 0 aromatic carbocycles. The molecule has 74 valence electrons. The minimum atomic E-state index is 0.632. The molecule has 1 N–H and O–H groups in total. The van der Waals surface area contributed by atoms with Gasteiger partial charge in [-0.3, -0.25) is 5.10 Å². The maximum Gasteiger partial charge on any atom is 0.0490 e. The molecular weight excluding hydrogens is 164 g/mol. The molecule has 3 nitrogen and oxygen atoms in total. The van der Waals surface area contributed by atoms with E-state index in [1.54, 1.807) is 6.20 Å². The van der Waals surface area contributed by atoms with Crippen molar-refractivity contribution in [3.8, 4) is 0 Å². The summed E-state index contributed by atoms with van der Waals surface area (Å²) in [5.74, 6) is 0.632. The number of hydrogen-bond acceptors (Lipinski definition) is 2. The predicted octanol–water partition coefficient (Wildman–Crippen LogP) is 2.01. The first kappa shape index (κ1) is 10.3. The number of H-pyrrole nitrogens is 1. The minimum Gasteiger partial charge on any atom is -0.381 e. The zero-order valence-corrected chi connectivity index (χ0v) is 8.42. The van der Waals surface area contributed by atoms with Crippen molar-refractivity contribution in [1.82, 2.24) is 10.2 Å². The summed E-state index contributed by atoms with van der Waals surface area (Å²) in [6.07, 6.45) is 3.87. The largest absolute Gasteiger partial charge is 0.381 e. The molecule has 1 heterocycles. The molecule has 0 aliphatic heterocycles. The molecule has 1 rings (SSSR count). The number of aromatic amines is 1. The van der Waals surface area contributed by atoms with Gasteiger partial charge in [-0.15, -0.1) is 0 Å². The highest BCUT2D eigenvalue weighted by Gasteiger charge is 1.95. The Labute approximate surface area is 79.5 Å². The van der Waals surface area contributed by atoms with Crippen molar-refractivity contribution in [3.63, 3.8) is 0 Å². The molecule has 0 atom stereocenters. The van der Waals surface area contributed by atoms with Crippen LogP contribution >= 0.6 is 0 Å². The summed E-state index contributed by atoms with van der Waals surface area (Å²) in [7, 11) is 0. The van der Waals surface area contributed by atoms with Crippen LogP contribution in [0.15, 0.2) is 12.3 Å². The zero-order valence-electron chi connectivity index (χ0n) is 8.42. The third-order valence-corrected chi connectivity index (χ3v) is 1.74. The van der Waals surface area contributed by atoms with E-state index in [1.165, 1.54) is 5.69 Å². The number of aromatic nitrogens is 2. The van der Waals surface area contributed by atoms with E-state index in [0.29, 0.717) is 5.92 Å². The normalized spacial score (nSPS) is 11.0. The van der Waals surface area contributed by atoms with E-state index in [9.17, 15) is 0 Å². The molecule has 0 radical (unpaired) electrons. The smallest absolute Gasteiger partial charge is 0.0490 e. The second-order valence-corrected chi connectivity index (χ2v) is 3.65. The lowest BCUT2D eigenvalue weighted by Crippen LogP contribution is -2.04. The summed E-state index contributed by atoms with van der Waals surface area (Å²) in [5, 5.41) is 6.81. The summed E-state index contributed by atoms with van der Waals surface area (Å²) >= 11 is 0. The lowest BCUT2D eigenvalue weighted by atomic mass is 10.2. The van der Waals surface area contributed by atoms with Gasteiger partial charge >= 0.3 is 0 Å². The van der Waals surface area contributed by atoms with Crippen molar-refractivity contribution in [3.05, 3.63) is 18.0 Å². The summed E-state index contributed by atoms with van der Waals surface area (Å²) in [5.41, 5.74) is 1.19. The van der Waals surface area contributed by atoms with Gasteiger partial charge in [0.25, 0.3) is 0 Å². The van der Waals surface area contributed by atoms with Crippen LogP contribution in [0.2, 0.25) is 0 Å². The highest BCUT2D eigenvalue weighted by atomic mass is 16.5. The van der Waals surface area contributed by atoms with E-state index in [2.05, 4.69) is 24.0 Å². The Bertz CT molecular complexity index is 207. The average Bonchev–Trinajstić information content (AvgIpc) is 2.55. The Morgan fingerprint density at radius 3 is 3.00 bits per heavy atom. The van der Waals surface area contributed by atoms with Gasteiger partial charge in [-0.1, -0.05) is 13.8 Å². The van der Waals surface area contributed by atoms with Crippen molar-refractivity contribution >= 4 is 0 Å². The minimum absolute atomic E-state index is 0.632. The van der Waals surface area contributed by atoms with Gasteiger partial charge in [0, 0.05) is 25.1 Å². The van der Waals surface area contributed by atoms with E-state index < -0.39 is 0 Å². The van der Waals surface area contributed by atoms with Gasteiger partial charge in [0.05, 0.1) is 0 Å². The second kappa shape index (κ2) is 5.75. The Hall–Kier alpha value is -0.830. The van der Waals surface area contributed by atoms with Crippen molar-refractivity contribution < 1.29 is 4.74 Å². The van der Waals surface area contributed by atoms with Crippen molar-refractivity contribution in [2.24, 2.45) is 5.92 Å². The number of hydrogen-bond donors (Lipinski definition) is 1. The SMILES string of the molecule is CC(C)COCCCc1ccn[nH]1. The van der Waals surface area contributed by atoms with E-state index >= 15 is 0 Å². The van der Waals surface area contributed by atoms with Crippen molar-refractivity contribution in [2.45, 2.75) is 26.7 Å². The molecule has 0 fully saturated rings. The Balaban J connectivity index is 1.96. The molecule has 0 aliphatic rings. The Morgan fingerprint density at radius 2 is 2.38 bits per heavy atom. The van der Waals surface area contributed by atoms with Crippen molar-refractivity contribution in [1.29, 1.82) is 0 Å². The molecule has 1 aromatic heterocycles. The fraction of sp³-hybridized carbons (Fsp3) is 0.700. The standard InChI is InChI=1S/C10H18N2O/c1-9(2)8-13-7-3-4-10-5-6-11-12-10/h5-6,9H,3-4,7-8H2,1-2H3,(H,11,12). The summed E-state index contributed by atoms with van der Waals surface area (Å²) in [6.45, 7) is 6.03. The molecule has 0 bridgehead atoms. The predicted molar refractivity (Wildman–Crippen MR) is 52.6 cm³/mol. The van der Waals surface area contributed by atoms with E-state index in [4.69, 9.17) is 4.74 Å². The lowest BCUT2D eigenvalue weighted by Gasteiger charge is -2.05. The molecular formula is C10H18N2O. The number of nitrogens with one attached hydrogen (secondary N) is 1. The molecule has 0 saturated heterocycles. The fourth-order valence-electron chi connectivity index (χ4n) is 1.11. The Morgan fingerprint density at radius 1 is 1.54 bits per heavy atom. The third-order valence-electron chi connectivity index (χ3n) is 1.74. The second-order valence-electron chi connectivity index (χ2n) is 3.65. The van der Waals surface area contributed by atoms with Crippen LogP contribution in [-0.4, -0.2) is 23.4 Å². The maximum absolute atomic E-state index is 5.46. The molecule has 0 amide bonds. The Kier molecular flexibility index (Phi) is 4.54. The van der Waals surface area contributed by atoms with Gasteiger partial charge in [-0.25, -0.2) is 0 Å². The van der Waals surface area contributed by atoms with Crippen molar-refractivity contribution in [2.75, 3.05) is 13.2 Å². The highest BCUT2D eigenvalue weighted by Crippen LogP contribution is 1.99. The first-order valence-electron chi connectivity index (χ1n) is 4.85. The van der Waals surface area contributed by atoms with E-state index in [0.717, 1.165) is 26.1 Å². The van der Waals surface area contributed by atoms with Gasteiger partial charge in [-0.05, 0) is 24.8 Å². The van der Waals surface area contributed by atoms with Crippen LogP contribution in [-0.2, 0) is 11.2 Å². The van der Waals surface area contributed by atoms with Gasteiger partial charge in [0.15, 0.2) is 0 Å². The summed E-state index contributed by atoms with van der Waals surface area (Å²) in [4.78, 5) is 0. The third kappa shape index (κ3) is 4.68. The molecule has 0 spiro atoms. The van der Waals surface area contributed by atoms with E-state index in [-0.39, 0.29) is 0 Å². The summed E-state index contributed by atoms with van der Waals surface area (Å²) < 4.78 is 5.46. The van der Waals surface area contributed by atoms with Crippen LogP contribution in [0.3, 0.4) is 0 Å². The number of ether oxygens (including phenoxy) is 1. The number of nitrogens with zero attached hydrogens (tertiary/aromatic N) is 1. The van der Waals surface area contributed by atoms with Gasteiger partial charge in [0.2, 0.25) is 0 Å². The van der Waals surface area contributed by atoms with Crippen LogP contribution in [0.4, 0.5) is 0 Å². The van der Waals surface area contributed by atoms with Gasteiger partial charge in [-0.2, -0.15) is 5.10 Å². The highest BCUT2D eigenvalue weighted by molar-refractivity contribution is 4.96. The molecule has 0 unspecified atom stereocenters. The number of aryl methyl sites for hydroxylation is 1. The number of rotatable bonds is 6. The fourth-order valence-corrected chi connectivity index (χ4v) is 1.11. The van der Waals surface area contributed by atoms with Crippen LogP contribution in [0.1, 0.15) is 26.0 Å². The van der Waals surface area contributed by atoms with Gasteiger partial charge in [0.1, 0.15) is 0 Å². The molecule has 1 aromatic rings. The monoisotopic (exact) mass is 182 g/mol. The first-order valence-corrected chi connectivity index (χ1v) is 4.85. The molecule has 13 heavy (non-hydrogen) atoms. The summed E-state index contributed by atoms with van der Waals surface area (Å²) in [6, 6.07) is 2.00. The topological polar surface area (TPSA) is 37.9 Å². The van der Waals surface area contributed by atoms with Crippen LogP contribution in [0, 0.1) is 5.92 Å².